The quantitative estimate of drug-likeness (QED) is 0.862. The SMILES string of the molecule is COc1ccc(OC)c(C(C)NC(=O)c2cc(N3CCCC3)ccn2)c1. The number of ether oxygens (including phenoxy) is 2. The zero-order valence-corrected chi connectivity index (χ0v) is 15.5. The second kappa shape index (κ2) is 8.08. The van der Waals surface area contributed by atoms with E-state index in [1.165, 1.54) is 12.8 Å². The van der Waals surface area contributed by atoms with Gasteiger partial charge < -0.3 is 19.7 Å². The third-order valence-electron chi connectivity index (χ3n) is 4.70. The second-order valence-corrected chi connectivity index (χ2v) is 6.40. The number of nitrogens with zero attached hydrogens (tertiary/aromatic N) is 2. The Bertz CT molecular complexity index is 773. The van der Waals surface area contributed by atoms with E-state index >= 15 is 0 Å². The number of nitrogens with one attached hydrogen (secondary N) is 1. The molecule has 6 heteroatoms. The summed E-state index contributed by atoms with van der Waals surface area (Å²) in [6.07, 6.45) is 4.08. The predicted molar refractivity (Wildman–Crippen MR) is 101 cm³/mol. The summed E-state index contributed by atoms with van der Waals surface area (Å²) in [5.74, 6) is 1.22. The lowest BCUT2D eigenvalue weighted by Gasteiger charge is -2.20. The van der Waals surface area contributed by atoms with Gasteiger partial charge in [-0.25, -0.2) is 0 Å². The van der Waals surface area contributed by atoms with Gasteiger partial charge in [-0.3, -0.25) is 9.78 Å². The highest BCUT2D eigenvalue weighted by atomic mass is 16.5. The van der Waals surface area contributed by atoms with E-state index in [9.17, 15) is 4.79 Å². The Kier molecular flexibility index (Phi) is 5.61. The van der Waals surface area contributed by atoms with Gasteiger partial charge >= 0.3 is 0 Å². The van der Waals surface area contributed by atoms with Gasteiger partial charge in [0.05, 0.1) is 20.3 Å². The van der Waals surface area contributed by atoms with Crippen LogP contribution in [-0.2, 0) is 0 Å². The van der Waals surface area contributed by atoms with Crippen LogP contribution in [-0.4, -0.2) is 38.2 Å². The number of hydrogen-bond donors (Lipinski definition) is 1. The summed E-state index contributed by atoms with van der Waals surface area (Å²) in [5.41, 5.74) is 2.33. The van der Waals surface area contributed by atoms with Crippen molar-refractivity contribution in [3.05, 3.63) is 47.8 Å². The number of rotatable bonds is 6. The van der Waals surface area contributed by atoms with Crippen LogP contribution in [0.3, 0.4) is 0 Å². The van der Waals surface area contributed by atoms with Crippen LogP contribution in [0.1, 0.15) is 41.9 Å². The normalized spacial score (nSPS) is 14.8. The molecule has 0 radical (unpaired) electrons. The maximum atomic E-state index is 12.7. The van der Waals surface area contributed by atoms with E-state index in [1.54, 1.807) is 20.4 Å². The molecule has 2 heterocycles. The molecule has 3 rings (SSSR count). The summed E-state index contributed by atoms with van der Waals surface area (Å²) >= 11 is 0. The topological polar surface area (TPSA) is 63.7 Å². The van der Waals surface area contributed by atoms with Crippen LogP contribution in [0.15, 0.2) is 36.5 Å². The molecule has 26 heavy (non-hydrogen) atoms. The second-order valence-electron chi connectivity index (χ2n) is 6.40. The molecule has 0 bridgehead atoms. The number of hydrogen-bond acceptors (Lipinski definition) is 5. The molecule has 1 unspecified atom stereocenters. The Morgan fingerprint density at radius 3 is 2.62 bits per heavy atom. The number of pyridine rings is 1. The van der Waals surface area contributed by atoms with Gasteiger partial charge in [0, 0.05) is 30.5 Å². The van der Waals surface area contributed by atoms with Gasteiger partial charge in [-0.2, -0.15) is 0 Å². The van der Waals surface area contributed by atoms with Crippen molar-refractivity contribution in [1.29, 1.82) is 0 Å². The summed E-state index contributed by atoms with van der Waals surface area (Å²) in [4.78, 5) is 19.2. The van der Waals surface area contributed by atoms with Gasteiger partial charge in [-0.1, -0.05) is 0 Å². The molecule has 0 saturated carbocycles. The van der Waals surface area contributed by atoms with Crippen molar-refractivity contribution in [2.24, 2.45) is 0 Å². The fourth-order valence-electron chi connectivity index (χ4n) is 3.24. The molecule has 1 aromatic carbocycles. The van der Waals surface area contributed by atoms with Crippen molar-refractivity contribution in [3.63, 3.8) is 0 Å². The molecule has 1 amide bonds. The summed E-state index contributed by atoms with van der Waals surface area (Å²) in [6, 6.07) is 9.11. The van der Waals surface area contributed by atoms with Crippen LogP contribution >= 0.6 is 0 Å². The first-order valence-corrected chi connectivity index (χ1v) is 8.86. The van der Waals surface area contributed by atoms with Crippen LogP contribution in [0.25, 0.3) is 0 Å². The first kappa shape index (κ1) is 18.0. The lowest BCUT2D eigenvalue weighted by atomic mass is 10.1. The first-order valence-electron chi connectivity index (χ1n) is 8.86. The number of carbonyl (C=O) groups excluding carboxylic acids is 1. The molecule has 1 fully saturated rings. The number of methoxy groups -OCH3 is 2. The first-order chi connectivity index (χ1) is 12.6. The fourth-order valence-corrected chi connectivity index (χ4v) is 3.24. The predicted octanol–water partition coefficient (Wildman–Crippen LogP) is 3.19. The zero-order chi connectivity index (χ0) is 18.5. The maximum Gasteiger partial charge on any atom is 0.270 e. The fraction of sp³-hybridized carbons (Fsp3) is 0.400. The third kappa shape index (κ3) is 3.90. The molecule has 1 aliphatic rings. The van der Waals surface area contributed by atoms with Crippen LogP contribution in [0.2, 0.25) is 0 Å². The van der Waals surface area contributed by atoms with Crippen molar-refractivity contribution in [3.8, 4) is 11.5 Å². The van der Waals surface area contributed by atoms with Crippen LogP contribution in [0.4, 0.5) is 5.69 Å². The van der Waals surface area contributed by atoms with E-state index in [2.05, 4.69) is 15.2 Å². The van der Waals surface area contributed by atoms with E-state index in [-0.39, 0.29) is 11.9 Å². The monoisotopic (exact) mass is 355 g/mol. The molecular weight excluding hydrogens is 330 g/mol. The van der Waals surface area contributed by atoms with E-state index in [0.29, 0.717) is 11.4 Å². The zero-order valence-electron chi connectivity index (χ0n) is 15.5. The smallest absolute Gasteiger partial charge is 0.270 e. The largest absolute Gasteiger partial charge is 0.497 e. The molecule has 1 saturated heterocycles. The molecule has 1 aromatic heterocycles. The highest BCUT2D eigenvalue weighted by Crippen LogP contribution is 2.29. The van der Waals surface area contributed by atoms with Gasteiger partial charge in [0.1, 0.15) is 17.2 Å². The number of carbonyl (C=O) groups is 1. The molecule has 2 aromatic rings. The van der Waals surface area contributed by atoms with Crippen molar-refractivity contribution in [2.45, 2.75) is 25.8 Å². The third-order valence-corrected chi connectivity index (χ3v) is 4.70. The highest BCUT2D eigenvalue weighted by Gasteiger charge is 2.19. The minimum absolute atomic E-state index is 0.205. The number of benzene rings is 1. The van der Waals surface area contributed by atoms with Crippen molar-refractivity contribution in [2.75, 3.05) is 32.2 Å². The lowest BCUT2D eigenvalue weighted by Crippen LogP contribution is -2.28. The number of anilines is 1. The Morgan fingerprint density at radius 2 is 1.92 bits per heavy atom. The molecular formula is C20H25N3O3. The van der Waals surface area contributed by atoms with E-state index in [0.717, 1.165) is 30.1 Å². The average molecular weight is 355 g/mol. The van der Waals surface area contributed by atoms with Crippen LogP contribution < -0.4 is 19.7 Å². The number of amides is 1. The summed E-state index contributed by atoms with van der Waals surface area (Å²) in [7, 11) is 3.23. The number of aromatic nitrogens is 1. The van der Waals surface area contributed by atoms with Crippen molar-refractivity contribution >= 4 is 11.6 Å². The molecule has 0 aliphatic carbocycles. The Labute approximate surface area is 154 Å². The van der Waals surface area contributed by atoms with Gasteiger partial charge in [0.2, 0.25) is 0 Å². The Morgan fingerprint density at radius 1 is 1.15 bits per heavy atom. The van der Waals surface area contributed by atoms with E-state index in [4.69, 9.17) is 9.47 Å². The van der Waals surface area contributed by atoms with Crippen LogP contribution in [0, 0.1) is 0 Å². The summed E-state index contributed by atoms with van der Waals surface area (Å²) in [6.45, 7) is 3.98. The molecule has 0 spiro atoms. The minimum Gasteiger partial charge on any atom is -0.497 e. The summed E-state index contributed by atoms with van der Waals surface area (Å²) < 4.78 is 10.7. The van der Waals surface area contributed by atoms with Crippen LogP contribution in [0.5, 0.6) is 11.5 Å². The molecule has 6 nitrogen and oxygen atoms in total. The Balaban J connectivity index is 1.76. The molecule has 1 N–H and O–H groups in total. The molecule has 138 valence electrons. The van der Waals surface area contributed by atoms with Crippen molar-refractivity contribution in [1.82, 2.24) is 10.3 Å². The van der Waals surface area contributed by atoms with Gasteiger partial charge in [0.15, 0.2) is 0 Å². The van der Waals surface area contributed by atoms with Gasteiger partial charge in [-0.15, -0.1) is 0 Å². The maximum absolute atomic E-state index is 12.7. The van der Waals surface area contributed by atoms with Gasteiger partial charge in [-0.05, 0) is 50.1 Å². The average Bonchev–Trinajstić information content (AvgIpc) is 3.22. The van der Waals surface area contributed by atoms with E-state index < -0.39 is 0 Å². The molecule has 1 aliphatic heterocycles. The standard InChI is InChI=1S/C20H25N3O3/c1-14(17-13-16(25-2)6-7-19(17)26-3)22-20(24)18-12-15(8-9-21-18)23-10-4-5-11-23/h6-9,12-14H,4-5,10-11H2,1-3H3,(H,22,24). The summed E-state index contributed by atoms with van der Waals surface area (Å²) in [5, 5.41) is 3.00. The highest BCUT2D eigenvalue weighted by molar-refractivity contribution is 5.93. The van der Waals surface area contributed by atoms with Crippen molar-refractivity contribution < 1.29 is 14.3 Å². The van der Waals surface area contributed by atoms with Gasteiger partial charge in [0.25, 0.3) is 5.91 Å². The molecule has 1 atom stereocenters. The lowest BCUT2D eigenvalue weighted by molar-refractivity contribution is 0.0934. The minimum atomic E-state index is -0.246. The Hall–Kier alpha value is -2.76. The van der Waals surface area contributed by atoms with E-state index in [1.807, 2.05) is 37.3 Å².